The molecule has 12 nitrogen and oxygen atoms in total. The number of rotatable bonds is 6. The molecule has 4 aliphatic rings. The first-order valence-corrected chi connectivity index (χ1v) is 19.3. The van der Waals surface area contributed by atoms with Crippen molar-refractivity contribution in [3.05, 3.63) is 62.4 Å². The van der Waals surface area contributed by atoms with Crippen molar-refractivity contribution in [1.29, 1.82) is 0 Å². The van der Waals surface area contributed by atoms with E-state index in [-0.39, 0.29) is 37.0 Å². The van der Waals surface area contributed by atoms with Crippen molar-refractivity contribution in [2.24, 2.45) is 5.92 Å². The van der Waals surface area contributed by atoms with Crippen LogP contribution < -0.4 is 16.2 Å². The van der Waals surface area contributed by atoms with Crippen LogP contribution in [0.3, 0.4) is 0 Å². The van der Waals surface area contributed by atoms with E-state index in [2.05, 4.69) is 15.7 Å². The standard InChI is InChI=1S/C36H41N5O7S2/c42-31-29-16-25(41-33(44)30(23-13-15-50-21-23)27(18-37-41)22-12-14-49-20-22)19-40(29)32(43)28(38-35(47)48-26-9-6-7-10-26)11-5-3-1-2-4-8-24-17-36(24,39-31)34(45)46/h4,8,12-15,18,20-21,24-26,28-29H,1-3,5-7,9-11,16-17,19H2,(H,38,47)(H,39,42)(H,45,46)/b8-4-/t24-,25+,28-,29-,36+/m0/s1. The first-order valence-electron chi connectivity index (χ1n) is 17.4. The third-order valence-corrected chi connectivity index (χ3v) is 11.9. The molecule has 7 rings (SSSR count). The van der Waals surface area contributed by atoms with Crippen LogP contribution in [0.1, 0.15) is 76.7 Å². The smallest absolute Gasteiger partial charge is 0.408 e. The number of aromatic nitrogens is 2. The molecule has 5 heterocycles. The highest BCUT2D eigenvalue weighted by atomic mass is 32.1. The number of nitrogens with one attached hydrogen (secondary N) is 2. The molecule has 2 aliphatic carbocycles. The normalized spacial score (nSPS) is 28.1. The first-order chi connectivity index (χ1) is 24.2. The van der Waals surface area contributed by atoms with Gasteiger partial charge < -0.3 is 25.4 Å². The number of amides is 3. The van der Waals surface area contributed by atoms with Gasteiger partial charge in [-0.05, 0) is 96.1 Å². The number of hydrogen-bond donors (Lipinski definition) is 3. The van der Waals surface area contributed by atoms with E-state index in [0.29, 0.717) is 24.0 Å². The summed E-state index contributed by atoms with van der Waals surface area (Å²) in [5.74, 6) is -2.57. The van der Waals surface area contributed by atoms with Gasteiger partial charge in [-0.25, -0.2) is 14.3 Å². The zero-order chi connectivity index (χ0) is 34.8. The SMILES string of the molecule is O=C(N[C@H]1CCCCC/C=C\[C@H]2C[C@@]2(C(=O)O)NC(=O)[C@@H]2C[C@@H](n3ncc(-c4ccsc4)c(-c4ccsc4)c3=O)CN2C1=O)OC1CCCC1. The zero-order valence-corrected chi connectivity index (χ0v) is 29.3. The summed E-state index contributed by atoms with van der Waals surface area (Å²) in [7, 11) is 0. The Labute approximate surface area is 297 Å². The second-order valence-corrected chi connectivity index (χ2v) is 15.3. The predicted molar refractivity (Wildman–Crippen MR) is 189 cm³/mol. The number of hydrogen-bond acceptors (Lipinski definition) is 9. The molecule has 2 saturated carbocycles. The average Bonchev–Trinajstić information content (AvgIpc) is 3.77. The van der Waals surface area contributed by atoms with E-state index in [4.69, 9.17) is 4.74 Å². The Morgan fingerprint density at radius 3 is 2.46 bits per heavy atom. The van der Waals surface area contributed by atoms with Gasteiger partial charge in [-0.3, -0.25) is 14.4 Å². The molecule has 1 saturated heterocycles. The molecule has 50 heavy (non-hydrogen) atoms. The van der Waals surface area contributed by atoms with Gasteiger partial charge in [0.1, 0.15) is 23.7 Å². The van der Waals surface area contributed by atoms with Crippen LogP contribution in [0.4, 0.5) is 4.79 Å². The first kappa shape index (κ1) is 34.2. The topological polar surface area (TPSA) is 160 Å². The van der Waals surface area contributed by atoms with Crippen molar-refractivity contribution < 1.29 is 29.0 Å². The zero-order valence-electron chi connectivity index (χ0n) is 27.6. The van der Waals surface area contributed by atoms with E-state index >= 15 is 0 Å². The maximum Gasteiger partial charge on any atom is 0.408 e. The van der Waals surface area contributed by atoms with Gasteiger partial charge in [0.2, 0.25) is 11.8 Å². The number of thiophene rings is 2. The van der Waals surface area contributed by atoms with Crippen LogP contribution in [0.15, 0.2) is 56.8 Å². The molecule has 3 aromatic rings. The Bertz CT molecular complexity index is 1820. The minimum absolute atomic E-state index is 0.0239. The summed E-state index contributed by atoms with van der Waals surface area (Å²) in [5, 5.41) is 28.1. The lowest BCUT2D eigenvalue weighted by Gasteiger charge is -2.29. The molecule has 3 amide bonds. The number of carbonyl (C=O) groups is 4. The van der Waals surface area contributed by atoms with Crippen LogP contribution in [0, 0.1) is 5.92 Å². The Hall–Kier alpha value is -4.30. The number of carboxylic acid groups (broad SMARTS) is 1. The van der Waals surface area contributed by atoms with Crippen molar-refractivity contribution in [3.8, 4) is 22.3 Å². The summed E-state index contributed by atoms with van der Waals surface area (Å²) in [6, 6.07) is 1.07. The van der Waals surface area contributed by atoms with Gasteiger partial charge in [-0.2, -0.15) is 27.8 Å². The molecule has 0 spiro atoms. The van der Waals surface area contributed by atoms with Crippen molar-refractivity contribution in [3.63, 3.8) is 0 Å². The molecule has 3 aromatic heterocycles. The molecule has 0 unspecified atom stereocenters. The van der Waals surface area contributed by atoms with Crippen LogP contribution in [-0.4, -0.2) is 73.9 Å². The predicted octanol–water partition coefficient (Wildman–Crippen LogP) is 5.36. The Morgan fingerprint density at radius 2 is 1.74 bits per heavy atom. The van der Waals surface area contributed by atoms with Crippen LogP contribution >= 0.6 is 22.7 Å². The molecule has 3 N–H and O–H groups in total. The lowest BCUT2D eigenvalue weighted by molar-refractivity contribution is -0.145. The van der Waals surface area contributed by atoms with E-state index in [1.165, 1.54) is 32.3 Å². The fourth-order valence-electron chi connectivity index (χ4n) is 7.64. The van der Waals surface area contributed by atoms with E-state index in [0.717, 1.165) is 56.1 Å². The monoisotopic (exact) mass is 719 g/mol. The number of nitrogens with zero attached hydrogens (tertiary/aromatic N) is 3. The lowest BCUT2D eigenvalue weighted by Crippen LogP contribution is -2.56. The highest BCUT2D eigenvalue weighted by molar-refractivity contribution is 7.08. The summed E-state index contributed by atoms with van der Waals surface area (Å²) >= 11 is 2.99. The molecular weight excluding hydrogens is 679 g/mol. The second kappa shape index (κ2) is 14.5. The van der Waals surface area contributed by atoms with Gasteiger partial charge in [-0.1, -0.05) is 25.0 Å². The third-order valence-electron chi connectivity index (χ3n) is 10.5. The maximum atomic E-state index is 14.5. The van der Waals surface area contributed by atoms with Crippen LogP contribution in [0.2, 0.25) is 0 Å². The largest absolute Gasteiger partial charge is 0.479 e. The molecular formula is C36H41N5O7S2. The highest BCUT2D eigenvalue weighted by Gasteiger charge is 2.61. The van der Waals surface area contributed by atoms with Gasteiger partial charge in [-0.15, -0.1) is 0 Å². The molecule has 3 fully saturated rings. The number of carbonyl (C=O) groups excluding carboxylic acids is 3. The van der Waals surface area contributed by atoms with Gasteiger partial charge in [0.05, 0.1) is 17.8 Å². The number of fused-ring (bicyclic) bond motifs is 2. The van der Waals surface area contributed by atoms with Crippen LogP contribution in [0.5, 0.6) is 0 Å². The van der Waals surface area contributed by atoms with E-state index in [9.17, 15) is 29.1 Å². The van der Waals surface area contributed by atoms with E-state index < -0.39 is 47.5 Å². The Morgan fingerprint density at radius 1 is 1.00 bits per heavy atom. The molecule has 0 bridgehead atoms. The van der Waals surface area contributed by atoms with Crippen molar-refractivity contribution >= 4 is 46.6 Å². The van der Waals surface area contributed by atoms with Crippen molar-refractivity contribution in [2.75, 3.05) is 6.54 Å². The Kier molecular flexibility index (Phi) is 9.91. The number of alkyl carbamates (subject to hydrolysis) is 1. The summed E-state index contributed by atoms with van der Waals surface area (Å²) < 4.78 is 7.00. The molecule has 0 radical (unpaired) electrons. The molecule has 0 aromatic carbocycles. The van der Waals surface area contributed by atoms with Crippen molar-refractivity contribution in [1.82, 2.24) is 25.3 Å². The maximum absolute atomic E-state index is 14.5. The third kappa shape index (κ3) is 6.87. The van der Waals surface area contributed by atoms with Crippen molar-refractivity contribution in [2.45, 2.75) is 100 Å². The number of allylic oxidation sites excluding steroid dienone is 1. The minimum atomic E-state index is -1.47. The number of aliphatic carboxylic acids is 1. The fraction of sp³-hybridized carbons (Fsp3) is 0.500. The Balaban J connectivity index is 1.23. The van der Waals surface area contributed by atoms with Crippen LogP contribution in [0.25, 0.3) is 22.3 Å². The molecule has 5 atom stereocenters. The van der Waals surface area contributed by atoms with E-state index in [1.54, 1.807) is 6.20 Å². The molecule has 264 valence electrons. The summed E-state index contributed by atoms with van der Waals surface area (Å²) in [4.78, 5) is 69.8. The number of ether oxygens (including phenoxy) is 1. The molecule has 14 heteroatoms. The highest BCUT2D eigenvalue weighted by Crippen LogP contribution is 2.45. The second-order valence-electron chi connectivity index (χ2n) is 13.8. The lowest BCUT2D eigenvalue weighted by atomic mass is 10.0. The van der Waals surface area contributed by atoms with Gasteiger partial charge in [0.15, 0.2) is 0 Å². The van der Waals surface area contributed by atoms with Gasteiger partial charge in [0, 0.05) is 24.4 Å². The summed E-state index contributed by atoms with van der Waals surface area (Å²) in [5.41, 5.74) is 0.969. The average molecular weight is 720 g/mol. The summed E-state index contributed by atoms with van der Waals surface area (Å²) in [6.45, 7) is -0.0239. The minimum Gasteiger partial charge on any atom is -0.479 e. The van der Waals surface area contributed by atoms with Crippen LogP contribution in [-0.2, 0) is 19.1 Å². The fourth-order valence-corrected chi connectivity index (χ4v) is 8.94. The quantitative estimate of drug-likeness (QED) is 0.287. The molecule has 2 aliphatic heterocycles. The summed E-state index contributed by atoms with van der Waals surface area (Å²) in [6.07, 6.45) is 11.8. The van der Waals surface area contributed by atoms with E-state index in [1.807, 2.05) is 45.8 Å². The van der Waals surface area contributed by atoms with Gasteiger partial charge >= 0.3 is 12.1 Å². The number of carboxylic acids is 1. The van der Waals surface area contributed by atoms with Gasteiger partial charge in [0.25, 0.3) is 5.56 Å².